The summed E-state index contributed by atoms with van der Waals surface area (Å²) in [4.78, 5) is 41.8. The monoisotopic (exact) mass is 311 g/mol. The van der Waals surface area contributed by atoms with Gasteiger partial charge in [0.25, 0.3) is 11.5 Å². The highest BCUT2D eigenvalue weighted by Crippen LogP contribution is 2.26. The van der Waals surface area contributed by atoms with Crippen molar-refractivity contribution in [3.8, 4) is 0 Å². The van der Waals surface area contributed by atoms with Gasteiger partial charge in [-0.05, 0) is 19.4 Å². The highest BCUT2D eigenvalue weighted by Gasteiger charge is 2.27. The molecule has 0 spiro atoms. The van der Waals surface area contributed by atoms with E-state index >= 15 is 0 Å². The average molecular weight is 311 g/mol. The molecule has 2 aromatic rings. The van der Waals surface area contributed by atoms with Gasteiger partial charge in [-0.25, -0.2) is 9.78 Å². The van der Waals surface area contributed by atoms with Crippen LogP contribution in [0.1, 0.15) is 22.2 Å². The van der Waals surface area contributed by atoms with E-state index in [0.29, 0.717) is 15.8 Å². The number of rotatable bonds is 4. The molecule has 2 atom stereocenters. The molecule has 4 N–H and O–H groups in total. The number of aliphatic hydroxyl groups is 1. The first-order chi connectivity index (χ1) is 9.82. The Balaban J connectivity index is 2.40. The lowest BCUT2D eigenvalue weighted by molar-refractivity contribution is -0.141. The van der Waals surface area contributed by atoms with Gasteiger partial charge in [0.2, 0.25) is 0 Å². The van der Waals surface area contributed by atoms with Crippen LogP contribution in [0, 0.1) is 6.92 Å². The van der Waals surface area contributed by atoms with Crippen molar-refractivity contribution in [3.63, 3.8) is 0 Å². The third-order valence-electron chi connectivity index (χ3n) is 2.97. The third-order valence-corrected chi connectivity index (χ3v) is 4.17. The number of thiophene rings is 1. The molecule has 8 nitrogen and oxygen atoms in total. The first-order valence-electron chi connectivity index (χ1n) is 6.01. The Bertz CT molecular complexity index is 764. The van der Waals surface area contributed by atoms with E-state index in [9.17, 15) is 19.5 Å². The summed E-state index contributed by atoms with van der Waals surface area (Å²) in [6, 6.07) is -1.42. The van der Waals surface area contributed by atoms with Crippen molar-refractivity contribution in [2.75, 3.05) is 0 Å². The van der Waals surface area contributed by atoms with Gasteiger partial charge >= 0.3 is 5.97 Å². The molecule has 2 aromatic heterocycles. The maximum atomic E-state index is 12.2. The van der Waals surface area contributed by atoms with E-state index in [0.717, 1.165) is 11.3 Å². The molecule has 21 heavy (non-hydrogen) atoms. The van der Waals surface area contributed by atoms with Gasteiger partial charge in [0.1, 0.15) is 4.83 Å². The number of aliphatic carboxylic acids is 1. The maximum Gasteiger partial charge on any atom is 0.328 e. The Morgan fingerprint density at radius 3 is 2.67 bits per heavy atom. The number of amides is 1. The van der Waals surface area contributed by atoms with Crippen LogP contribution in [-0.4, -0.2) is 44.2 Å². The first-order valence-corrected chi connectivity index (χ1v) is 6.83. The molecular weight excluding hydrogens is 298 g/mol. The molecule has 2 unspecified atom stereocenters. The van der Waals surface area contributed by atoms with Crippen LogP contribution in [0.15, 0.2) is 11.1 Å². The SMILES string of the molecule is Cc1c(C(=O)NC(C(=O)O)C(C)O)sc2nc[nH]c(=O)c12. The summed E-state index contributed by atoms with van der Waals surface area (Å²) in [6.07, 6.45) is -0.0133. The second-order valence-electron chi connectivity index (χ2n) is 4.50. The number of carboxylic acids is 1. The molecular formula is C12H13N3O5S. The molecule has 0 saturated carbocycles. The molecule has 2 rings (SSSR count). The number of hydrogen-bond donors (Lipinski definition) is 4. The highest BCUT2D eigenvalue weighted by molar-refractivity contribution is 7.20. The van der Waals surface area contributed by atoms with E-state index in [-0.39, 0.29) is 10.4 Å². The van der Waals surface area contributed by atoms with Crippen molar-refractivity contribution in [3.05, 3.63) is 27.1 Å². The van der Waals surface area contributed by atoms with Crippen LogP contribution in [0.25, 0.3) is 10.2 Å². The quantitative estimate of drug-likeness (QED) is 0.621. The van der Waals surface area contributed by atoms with E-state index in [1.54, 1.807) is 6.92 Å². The normalized spacial score (nSPS) is 13.9. The molecule has 0 aliphatic carbocycles. The molecule has 2 heterocycles. The van der Waals surface area contributed by atoms with Crippen LogP contribution in [0.4, 0.5) is 0 Å². The minimum absolute atomic E-state index is 0.195. The predicted octanol–water partition coefficient (Wildman–Crippen LogP) is -0.143. The Morgan fingerprint density at radius 1 is 1.48 bits per heavy atom. The Hall–Kier alpha value is -2.26. The highest BCUT2D eigenvalue weighted by atomic mass is 32.1. The van der Waals surface area contributed by atoms with Crippen molar-refractivity contribution < 1.29 is 19.8 Å². The number of hydrogen-bond acceptors (Lipinski definition) is 6. The summed E-state index contributed by atoms with van der Waals surface area (Å²) < 4.78 is 0. The lowest BCUT2D eigenvalue weighted by Gasteiger charge is -2.16. The largest absolute Gasteiger partial charge is 0.480 e. The lowest BCUT2D eigenvalue weighted by atomic mass is 10.1. The zero-order chi connectivity index (χ0) is 15.7. The topological polar surface area (TPSA) is 132 Å². The number of nitrogens with one attached hydrogen (secondary N) is 2. The van der Waals surface area contributed by atoms with Gasteiger partial charge in [-0.3, -0.25) is 9.59 Å². The Morgan fingerprint density at radius 2 is 2.14 bits per heavy atom. The van der Waals surface area contributed by atoms with Crippen molar-refractivity contribution in [1.82, 2.24) is 15.3 Å². The summed E-state index contributed by atoms with van der Waals surface area (Å²) in [5.74, 6) is -2.00. The first kappa shape index (κ1) is 15.1. The fraction of sp³-hybridized carbons (Fsp3) is 0.333. The third kappa shape index (κ3) is 2.78. The van der Waals surface area contributed by atoms with Gasteiger partial charge in [-0.1, -0.05) is 0 Å². The number of aryl methyl sites for hydroxylation is 1. The van der Waals surface area contributed by atoms with E-state index in [2.05, 4.69) is 15.3 Å². The van der Waals surface area contributed by atoms with Crippen LogP contribution < -0.4 is 10.9 Å². The zero-order valence-corrected chi connectivity index (χ0v) is 12.0. The van der Waals surface area contributed by atoms with Crippen molar-refractivity contribution in [2.24, 2.45) is 0 Å². The summed E-state index contributed by atoms with van der Waals surface area (Å²) in [5.41, 5.74) is 0.0645. The number of carbonyl (C=O) groups excluding carboxylic acids is 1. The summed E-state index contributed by atoms with van der Waals surface area (Å²) in [7, 11) is 0. The fourth-order valence-electron chi connectivity index (χ4n) is 1.89. The van der Waals surface area contributed by atoms with Gasteiger partial charge in [0, 0.05) is 0 Å². The molecule has 9 heteroatoms. The number of aliphatic hydroxyl groups excluding tert-OH is 1. The molecule has 0 saturated heterocycles. The van der Waals surface area contributed by atoms with Crippen molar-refractivity contribution >= 4 is 33.4 Å². The smallest absolute Gasteiger partial charge is 0.328 e. The molecule has 0 aliphatic heterocycles. The number of aromatic amines is 1. The molecule has 0 fully saturated rings. The molecule has 0 aromatic carbocycles. The van der Waals surface area contributed by atoms with E-state index < -0.39 is 24.0 Å². The Labute approximate surface area is 122 Å². The minimum atomic E-state index is -1.42. The second kappa shape index (κ2) is 5.62. The van der Waals surface area contributed by atoms with Crippen LogP contribution >= 0.6 is 11.3 Å². The lowest BCUT2D eigenvalue weighted by Crippen LogP contribution is -2.47. The summed E-state index contributed by atoms with van der Waals surface area (Å²) >= 11 is 0.994. The van der Waals surface area contributed by atoms with Gasteiger partial charge in [-0.2, -0.15) is 0 Å². The number of carbonyl (C=O) groups is 2. The van der Waals surface area contributed by atoms with Crippen molar-refractivity contribution in [1.29, 1.82) is 0 Å². The van der Waals surface area contributed by atoms with Gasteiger partial charge in [0.05, 0.1) is 22.7 Å². The zero-order valence-electron chi connectivity index (χ0n) is 11.2. The number of fused-ring (bicyclic) bond motifs is 1. The summed E-state index contributed by atoms with van der Waals surface area (Å²) in [6.45, 7) is 2.85. The van der Waals surface area contributed by atoms with E-state index in [1.807, 2.05) is 0 Å². The van der Waals surface area contributed by atoms with Gasteiger partial charge in [0.15, 0.2) is 6.04 Å². The van der Waals surface area contributed by atoms with Crippen LogP contribution in [0.3, 0.4) is 0 Å². The van der Waals surface area contributed by atoms with Gasteiger partial charge < -0.3 is 20.5 Å². The second-order valence-corrected chi connectivity index (χ2v) is 5.50. The van der Waals surface area contributed by atoms with Crippen molar-refractivity contribution in [2.45, 2.75) is 26.0 Å². The standard InChI is InChI=1S/C12H13N3O5S/c1-4-6-9(17)13-3-14-11(6)21-8(4)10(18)15-7(5(2)16)12(19)20/h3,5,7,16H,1-2H3,(H,15,18)(H,19,20)(H,13,14,17). The minimum Gasteiger partial charge on any atom is -0.480 e. The molecule has 0 bridgehead atoms. The van der Waals surface area contributed by atoms with E-state index in [1.165, 1.54) is 13.3 Å². The predicted molar refractivity (Wildman–Crippen MR) is 75.5 cm³/mol. The Kier molecular flexibility index (Phi) is 4.05. The van der Waals surface area contributed by atoms with Crippen LogP contribution in [0.2, 0.25) is 0 Å². The number of carboxylic acid groups (broad SMARTS) is 1. The number of H-pyrrole nitrogens is 1. The number of nitrogens with zero attached hydrogens (tertiary/aromatic N) is 1. The molecule has 112 valence electrons. The average Bonchev–Trinajstić information content (AvgIpc) is 2.73. The summed E-state index contributed by atoms with van der Waals surface area (Å²) in [5, 5.41) is 20.9. The van der Waals surface area contributed by atoms with Gasteiger partial charge in [-0.15, -0.1) is 11.3 Å². The fourth-order valence-corrected chi connectivity index (χ4v) is 2.94. The van der Waals surface area contributed by atoms with Crippen LogP contribution in [-0.2, 0) is 4.79 Å². The van der Waals surface area contributed by atoms with E-state index in [4.69, 9.17) is 5.11 Å². The maximum absolute atomic E-state index is 12.2. The molecule has 0 aliphatic rings. The number of aromatic nitrogens is 2. The molecule has 0 radical (unpaired) electrons. The van der Waals surface area contributed by atoms with Crippen LogP contribution in [0.5, 0.6) is 0 Å². The molecule has 1 amide bonds.